The molecule has 0 saturated carbocycles. The van der Waals surface area contributed by atoms with Gasteiger partial charge in [0.1, 0.15) is 16.9 Å². The Morgan fingerprint density at radius 2 is 1.89 bits per heavy atom. The standard InChI is InChI=1S/C24H25F3N6O2/c1-13(2)16-6-5-9-28-19(16)24(11-33(12-24)20-17(25)10-29-15(4)31-20)22(34)32-18-8-7-14(3)30-21(18)35-23(26)27/h5-10,13,23H,11-12H2,1-4H3,(H,32,34). The van der Waals surface area contributed by atoms with Gasteiger partial charge >= 0.3 is 6.61 Å². The monoisotopic (exact) mass is 486 g/mol. The summed E-state index contributed by atoms with van der Waals surface area (Å²) in [5, 5.41) is 2.70. The highest BCUT2D eigenvalue weighted by Crippen LogP contribution is 2.41. The molecular formula is C24H25F3N6O2. The normalized spacial score (nSPS) is 14.7. The van der Waals surface area contributed by atoms with Gasteiger partial charge in [-0.15, -0.1) is 0 Å². The number of hydrogen-bond acceptors (Lipinski definition) is 7. The molecule has 1 N–H and O–H groups in total. The number of hydrogen-bond donors (Lipinski definition) is 1. The molecule has 1 saturated heterocycles. The van der Waals surface area contributed by atoms with E-state index in [1.54, 1.807) is 37.1 Å². The average molecular weight is 486 g/mol. The number of ether oxygens (including phenoxy) is 1. The first kappa shape index (κ1) is 24.4. The SMILES string of the molecule is Cc1ccc(NC(=O)C2(c3ncccc3C(C)C)CN(c3nc(C)ncc3F)C2)c(OC(F)F)n1. The Morgan fingerprint density at radius 1 is 1.14 bits per heavy atom. The van der Waals surface area contributed by atoms with Gasteiger partial charge in [0.25, 0.3) is 0 Å². The first-order chi connectivity index (χ1) is 16.6. The van der Waals surface area contributed by atoms with Gasteiger partial charge in [-0.3, -0.25) is 9.78 Å². The Balaban J connectivity index is 1.73. The van der Waals surface area contributed by atoms with Crippen molar-refractivity contribution in [3.63, 3.8) is 0 Å². The van der Waals surface area contributed by atoms with Crippen LogP contribution in [0.15, 0.2) is 36.7 Å². The smallest absolute Gasteiger partial charge is 0.388 e. The number of nitrogens with zero attached hydrogens (tertiary/aromatic N) is 5. The number of aryl methyl sites for hydroxylation is 2. The minimum Gasteiger partial charge on any atom is -0.415 e. The van der Waals surface area contributed by atoms with Gasteiger partial charge < -0.3 is 15.0 Å². The van der Waals surface area contributed by atoms with E-state index in [1.165, 1.54) is 6.07 Å². The molecule has 1 aliphatic rings. The van der Waals surface area contributed by atoms with Crippen LogP contribution in [0, 0.1) is 19.7 Å². The van der Waals surface area contributed by atoms with Crippen molar-refractivity contribution in [1.29, 1.82) is 0 Å². The molecule has 4 heterocycles. The summed E-state index contributed by atoms with van der Waals surface area (Å²) in [5.74, 6) is -0.961. The molecule has 0 aromatic carbocycles. The second-order valence-corrected chi connectivity index (χ2v) is 8.76. The zero-order valence-corrected chi connectivity index (χ0v) is 19.7. The number of pyridine rings is 2. The van der Waals surface area contributed by atoms with Crippen LogP contribution in [0.2, 0.25) is 0 Å². The fraction of sp³-hybridized carbons (Fsp3) is 0.375. The fourth-order valence-electron chi connectivity index (χ4n) is 4.15. The van der Waals surface area contributed by atoms with Crippen molar-refractivity contribution in [2.75, 3.05) is 23.3 Å². The van der Waals surface area contributed by atoms with E-state index >= 15 is 0 Å². The molecule has 0 radical (unpaired) electrons. The molecule has 3 aromatic rings. The maximum Gasteiger partial charge on any atom is 0.388 e. The van der Waals surface area contributed by atoms with Crippen LogP contribution in [0.4, 0.5) is 24.7 Å². The highest BCUT2D eigenvalue weighted by atomic mass is 19.3. The highest BCUT2D eigenvalue weighted by molar-refractivity contribution is 6.02. The lowest BCUT2D eigenvalue weighted by atomic mass is 9.72. The second kappa shape index (κ2) is 9.47. The van der Waals surface area contributed by atoms with Gasteiger partial charge in [-0.2, -0.15) is 8.78 Å². The van der Waals surface area contributed by atoms with Crippen molar-refractivity contribution in [1.82, 2.24) is 19.9 Å². The Morgan fingerprint density at radius 3 is 2.57 bits per heavy atom. The lowest BCUT2D eigenvalue weighted by Crippen LogP contribution is -2.66. The molecule has 3 aromatic heterocycles. The van der Waals surface area contributed by atoms with Crippen LogP contribution in [0.1, 0.15) is 42.5 Å². The summed E-state index contributed by atoms with van der Waals surface area (Å²) in [7, 11) is 0. The number of carbonyl (C=O) groups is 1. The van der Waals surface area contributed by atoms with Crippen LogP contribution in [0.3, 0.4) is 0 Å². The zero-order valence-electron chi connectivity index (χ0n) is 19.7. The summed E-state index contributed by atoms with van der Waals surface area (Å²) < 4.78 is 44.9. The number of carbonyl (C=O) groups excluding carboxylic acids is 1. The Hall–Kier alpha value is -3.76. The van der Waals surface area contributed by atoms with Crippen LogP contribution in [-0.2, 0) is 10.2 Å². The molecular weight excluding hydrogens is 461 g/mol. The van der Waals surface area contributed by atoms with E-state index < -0.39 is 23.8 Å². The first-order valence-corrected chi connectivity index (χ1v) is 11.0. The molecule has 35 heavy (non-hydrogen) atoms. The van der Waals surface area contributed by atoms with Crippen molar-refractivity contribution < 1.29 is 22.7 Å². The minimum atomic E-state index is -3.11. The molecule has 11 heteroatoms. The predicted octanol–water partition coefficient (Wildman–Crippen LogP) is 4.14. The molecule has 0 aliphatic carbocycles. The largest absolute Gasteiger partial charge is 0.415 e. The zero-order chi connectivity index (χ0) is 25.3. The number of halogens is 3. The number of anilines is 2. The van der Waals surface area contributed by atoms with E-state index in [0.717, 1.165) is 11.8 Å². The molecule has 4 rings (SSSR count). The lowest BCUT2D eigenvalue weighted by molar-refractivity contribution is -0.122. The molecule has 8 nitrogen and oxygen atoms in total. The van der Waals surface area contributed by atoms with Crippen molar-refractivity contribution in [2.45, 2.75) is 45.6 Å². The van der Waals surface area contributed by atoms with Crippen LogP contribution in [-0.4, -0.2) is 45.5 Å². The van der Waals surface area contributed by atoms with Gasteiger partial charge in [0, 0.05) is 25.0 Å². The van der Waals surface area contributed by atoms with Gasteiger partial charge in [-0.05, 0) is 43.5 Å². The number of nitrogens with one attached hydrogen (secondary N) is 1. The van der Waals surface area contributed by atoms with Gasteiger partial charge in [0.2, 0.25) is 11.8 Å². The maximum absolute atomic E-state index is 14.5. The summed E-state index contributed by atoms with van der Waals surface area (Å²) in [6, 6.07) is 6.70. The number of alkyl halides is 2. The second-order valence-electron chi connectivity index (χ2n) is 8.76. The van der Waals surface area contributed by atoms with Crippen LogP contribution in [0.25, 0.3) is 0 Å². The van der Waals surface area contributed by atoms with Gasteiger partial charge in [0.05, 0.1) is 11.9 Å². The van der Waals surface area contributed by atoms with E-state index in [4.69, 9.17) is 0 Å². The minimum absolute atomic E-state index is 0.00446. The number of rotatable bonds is 7. The third-order valence-corrected chi connectivity index (χ3v) is 5.86. The van der Waals surface area contributed by atoms with E-state index in [1.807, 2.05) is 19.9 Å². The van der Waals surface area contributed by atoms with Crippen LogP contribution in [0.5, 0.6) is 5.88 Å². The fourth-order valence-corrected chi connectivity index (χ4v) is 4.15. The molecule has 0 spiro atoms. The molecule has 1 aliphatic heterocycles. The molecule has 1 fully saturated rings. The number of amides is 1. The van der Waals surface area contributed by atoms with E-state index in [9.17, 15) is 18.0 Å². The molecule has 1 amide bonds. The van der Waals surface area contributed by atoms with Crippen molar-refractivity contribution in [3.05, 3.63) is 65.3 Å². The van der Waals surface area contributed by atoms with Crippen molar-refractivity contribution >= 4 is 17.4 Å². The topological polar surface area (TPSA) is 93.1 Å². The van der Waals surface area contributed by atoms with Gasteiger partial charge in [0.15, 0.2) is 11.6 Å². The average Bonchev–Trinajstić information content (AvgIpc) is 2.77. The Labute approximate surface area is 200 Å². The van der Waals surface area contributed by atoms with Crippen molar-refractivity contribution in [2.24, 2.45) is 0 Å². The molecule has 184 valence electrons. The molecule has 0 unspecified atom stereocenters. The van der Waals surface area contributed by atoms with E-state index in [0.29, 0.717) is 17.2 Å². The summed E-state index contributed by atoms with van der Waals surface area (Å²) >= 11 is 0. The van der Waals surface area contributed by atoms with E-state index in [-0.39, 0.29) is 36.4 Å². The maximum atomic E-state index is 14.5. The number of aromatic nitrogens is 4. The molecule has 0 bridgehead atoms. The van der Waals surface area contributed by atoms with Gasteiger partial charge in [-0.25, -0.2) is 19.3 Å². The quantitative estimate of drug-likeness (QED) is 0.536. The Kier molecular flexibility index (Phi) is 6.60. The van der Waals surface area contributed by atoms with Gasteiger partial charge in [-0.1, -0.05) is 19.9 Å². The third-order valence-electron chi connectivity index (χ3n) is 5.86. The summed E-state index contributed by atoms with van der Waals surface area (Å²) in [4.78, 5) is 32.0. The van der Waals surface area contributed by atoms with E-state index in [2.05, 4.69) is 30.0 Å². The predicted molar refractivity (Wildman–Crippen MR) is 123 cm³/mol. The molecule has 0 atom stereocenters. The summed E-state index contributed by atoms with van der Waals surface area (Å²) in [5.41, 5.74) is 0.646. The van der Waals surface area contributed by atoms with Crippen LogP contribution >= 0.6 is 0 Å². The Bertz CT molecular complexity index is 1250. The summed E-state index contributed by atoms with van der Waals surface area (Å²) in [6.45, 7) is 4.27. The van der Waals surface area contributed by atoms with Crippen molar-refractivity contribution in [3.8, 4) is 5.88 Å². The summed E-state index contributed by atoms with van der Waals surface area (Å²) in [6.07, 6.45) is 2.68. The lowest BCUT2D eigenvalue weighted by Gasteiger charge is -2.49. The third kappa shape index (κ3) is 4.75. The highest BCUT2D eigenvalue weighted by Gasteiger charge is 2.54. The first-order valence-electron chi connectivity index (χ1n) is 11.0. The van der Waals surface area contributed by atoms with Crippen LogP contribution < -0.4 is 15.0 Å².